The van der Waals surface area contributed by atoms with Crippen LogP contribution in [0.1, 0.15) is 71.9 Å². The molecule has 4 saturated heterocycles. The minimum absolute atomic E-state index is 0.0450. The number of benzene rings is 1. The SMILES string of the molecule is COc1ccc2c3c1O[C@H]1[C@]4(CC[C@@]5(O)[C@@H](C2)N(CC(C)C)CC[C@]315)O[C@@H]1N2[C@@H](OC1(C)C)C(C)(C)O[C@H]24. The summed E-state index contributed by atoms with van der Waals surface area (Å²) < 4.78 is 33.5. The number of fused-ring (bicyclic) bond motifs is 2. The van der Waals surface area contributed by atoms with Crippen molar-refractivity contribution in [1.29, 1.82) is 0 Å². The molecular formula is C30H42N2O6. The third kappa shape index (κ3) is 2.51. The van der Waals surface area contributed by atoms with Crippen molar-refractivity contribution < 1.29 is 28.8 Å². The van der Waals surface area contributed by atoms with E-state index in [0.29, 0.717) is 18.8 Å². The molecule has 8 rings (SSSR count). The van der Waals surface area contributed by atoms with Crippen LogP contribution in [0, 0.1) is 5.92 Å². The summed E-state index contributed by atoms with van der Waals surface area (Å²) in [6, 6.07) is 4.29. The maximum absolute atomic E-state index is 13.0. The van der Waals surface area contributed by atoms with E-state index in [9.17, 15) is 5.11 Å². The van der Waals surface area contributed by atoms with Gasteiger partial charge in [0.1, 0.15) is 41.6 Å². The molecule has 8 heteroatoms. The zero-order chi connectivity index (χ0) is 26.6. The number of hydrogen-bond donors (Lipinski definition) is 1. The van der Waals surface area contributed by atoms with Gasteiger partial charge < -0.3 is 28.8 Å². The largest absolute Gasteiger partial charge is 0.493 e. The molecule has 8 nitrogen and oxygen atoms in total. The number of likely N-dealkylation sites (tertiary alicyclic amines) is 1. The van der Waals surface area contributed by atoms with E-state index in [1.54, 1.807) is 7.11 Å². The summed E-state index contributed by atoms with van der Waals surface area (Å²) in [7, 11) is 1.70. The molecule has 208 valence electrons. The quantitative estimate of drug-likeness (QED) is 0.644. The minimum Gasteiger partial charge on any atom is -0.493 e. The van der Waals surface area contributed by atoms with E-state index in [2.05, 4.69) is 57.4 Å². The van der Waals surface area contributed by atoms with Gasteiger partial charge in [-0.2, -0.15) is 0 Å². The lowest BCUT2D eigenvalue weighted by Crippen LogP contribution is -2.80. The smallest absolute Gasteiger partial charge is 0.166 e. The number of methoxy groups -OCH3 is 1. The van der Waals surface area contributed by atoms with Crippen molar-refractivity contribution in [3.05, 3.63) is 23.3 Å². The summed E-state index contributed by atoms with van der Waals surface area (Å²) in [6.07, 6.45) is 1.84. The third-order valence-corrected chi connectivity index (χ3v) is 11.1. The molecule has 2 spiro atoms. The molecule has 2 bridgehead atoms. The highest BCUT2D eigenvalue weighted by Gasteiger charge is 2.83. The third-order valence-electron chi connectivity index (χ3n) is 11.1. The predicted molar refractivity (Wildman–Crippen MR) is 139 cm³/mol. The molecule has 2 aliphatic carbocycles. The number of hydrogen-bond acceptors (Lipinski definition) is 8. The maximum Gasteiger partial charge on any atom is 0.166 e. The van der Waals surface area contributed by atoms with Crippen LogP contribution in [-0.2, 0) is 26.0 Å². The summed E-state index contributed by atoms with van der Waals surface area (Å²) in [5.74, 6) is 2.07. The lowest BCUT2D eigenvalue weighted by atomic mass is 9.46. The van der Waals surface area contributed by atoms with Gasteiger partial charge in [-0.05, 0) is 77.5 Å². The Labute approximate surface area is 225 Å². The number of aliphatic hydroxyl groups is 1. The van der Waals surface area contributed by atoms with Crippen LogP contribution in [0.4, 0.5) is 0 Å². The van der Waals surface area contributed by atoms with E-state index in [0.717, 1.165) is 43.0 Å². The van der Waals surface area contributed by atoms with E-state index >= 15 is 0 Å². The van der Waals surface area contributed by atoms with Crippen molar-refractivity contribution in [2.24, 2.45) is 5.92 Å². The Bertz CT molecular complexity index is 1220. The fraction of sp³-hybridized carbons (Fsp3) is 0.800. The Morgan fingerprint density at radius 2 is 1.71 bits per heavy atom. The molecule has 0 radical (unpaired) electrons. The molecule has 0 aromatic heterocycles. The van der Waals surface area contributed by atoms with E-state index in [1.807, 2.05) is 6.07 Å². The lowest BCUT2D eigenvalue weighted by Gasteiger charge is -2.66. The van der Waals surface area contributed by atoms with Crippen molar-refractivity contribution in [2.75, 3.05) is 20.2 Å². The van der Waals surface area contributed by atoms with Crippen LogP contribution in [0.15, 0.2) is 12.1 Å². The molecule has 38 heavy (non-hydrogen) atoms. The zero-order valence-corrected chi connectivity index (χ0v) is 23.7. The highest BCUT2D eigenvalue weighted by atomic mass is 16.7. The van der Waals surface area contributed by atoms with Gasteiger partial charge in [0.25, 0.3) is 0 Å². The highest BCUT2D eigenvalue weighted by molar-refractivity contribution is 5.63. The van der Waals surface area contributed by atoms with E-state index in [4.69, 9.17) is 23.7 Å². The Kier molecular flexibility index (Phi) is 4.54. The predicted octanol–water partition coefficient (Wildman–Crippen LogP) is 3.17. The fourth-order valence-electron chi connectivity index (χ4n) is 9.74. The van der Waals surface area contributed by atoms with Gasteiger partial charge in [0.2, 0.25) is 0 Å². The average molecular weight is 527 g/mol. The van der Waals surface area contributed by atoms with Gasteiger partial charge in [-0.15, -0.1) is 0 Å². The summed E-state index contributed by atoms with van der Waals surface area (Å²) in [6.45, 7) is 14.9. The van der Waals surface area contributed by atoms with Crippen molar-refractivity contribution in [2.45, 2.75) is 126 Å². The van der Waals surface area contributed by atoms with Crippen molar-refractivity contribution in [3.63, 3.8) is 0 Å². The van der Waals surface area contributed by atoms with Crippen molar-refractivity contribution in [3.8, 4) is 11.5 Å². The fourth-order valence-corrected chi connectivity index (χ4v) is 9.74. The first kappa shape index (κ1) is 24.4. The molecule has 1 N–H and O–H groups in total. The van der Waals surface area contributed by atoms with Gasteiger partial charge in [0.15, 0.2) is 11.5 Å². The molecule has 0 unspecified atom stereocenters. The Balaban J connectivity index is 1.33. The Morgan fingerprint density at radius 1 is 1.00 bits per heavy atom. The molecule has 5 heterocycles. The van der Waals surface area contributed by atoms with Crippen LogP contribution >= 0.6 is 0 Å². The maximum atomic E-state index is 13.0. The van der Waals surface area contributed by atoms with Gasteiger partial charge in [0, 0.05) is 18.2 Å². The van der Waals surface area contributed by atoms with Gasteiger partial charge in [-0.25, -0.2) is 4.90 Å². The minimum atomic E-state index is -0.920. The first-order valence-electron chi connectivity index (χ1n) is 14.5. The zero-order valence-electron chi connectivity index (χ0n) is 23.7. The molecule has 1 saturated carbocycles. The van der Waals surface area contributed by atoms with E-state index in [-0.39, 0.29) is 30.8 Å². The number of ether oxygens (including phenoxy) is 5. The number of rotatable bonds is 3. The molecule has 1 aromatic carbocycles. The van der Waals surface area contributed by atoms with Crippen LogP contribution in [0.25, 0.3) is 0 Å². The van der Waals surface area contributed by atoms with Crippen LogP contribution in [0.3, 0.4) is 0 Å². The molecule has 5 fully saturated rings. The Morgan fingerprint density at radius 3 is 2.42 bits per heavy atom. The van der Waals surface area contributed by atoms with Crippen LogP contribution in [0.2, 0.25) is 0 Å². The van der Waals surface area contributed by atoms with Crippen LogP contribution in [0.5, 0.6) is 11.5 Å². The second-order valence-corrected chi connectivity index (χ2v) is 14.4. The van der Waals surface area contributed by atoms with Crippen molar-refractivity contribution in [1.82, 2.24) is 9.80 Å². The molecule has 8 atom stereocenters. The van der Waals surface area contributed by atoms with E-state index < -0.39 is 27.8 Å². The first-order chi connectivity index (χ1) is 17.9. The molecule has 0 amide bonds. The standard InChI is InChI=1S/C30H42N2O6/c1-16(2)15-31-13-12-28-20-17-8-9-18(34-7)21(20)35-22(28)29(10-11-30(28,33)19(31)14-17)25-32-23(26(3,4)37-25)36-27(5,6)24(32)38-29/h8-9,16,19,22-25,33H,10-15H2,1-7H3/t19-,22-,23+,24+,25+,28+,29+,30-/m1/s1. The number of piperidine rings is 1. The summed E-state index contributed by atoms with van der Waals surface area (Å²) in [4.78, 5) is 4.87. The van der Waals surface area contributed by atoms with Crippen molar-refractivity contribution >= 4 is 0 Å². The van der Waals surface area contributed by atoms with Gasteiger partial charge in [-0.3, -0.25) is 4.90 Å². The summed E-state index contributed by atoms with van der Waals surface area (Å²) in [5, 5.41) is 13.0. The normalized spacial score (nSPS) is 46.9. The summed E-state index contributed by atoms with van der Waals surface area (Å²) in [5.41, 5.74) is -0.771. The van der Waals surface area contributed by atoms with Crippen LogP contribution < -0.4 is 9.47 Å². The van der Waals surface area contributed by atoms with E-state index in [1.165, 1.54) is 5.56 Å². The van der Waals surface area contributed by atoms with Gasteiger partial charge >= 0.3 is 0 Å². The Hall–Kier alpha value is -1.42. The lowest BCUT2D eigenvalue weighted by molar-refractivity contribution is -0.267. The van der Waals surface area contributed by atoms with Crippen LogP contribution in [-0.4, -0.2) is 88.3 Å². The topological polar surface area (TPSA) is 72.9 Å². The average Bonchev–Trinajstić information content (AvgIpc) is 3.51. The second kappa shape index (κ2) is 7.07. The summed E-state index contributed by atoms with van der Waals surface area (Å²) >= 11 is 0. The molecular weight excluding hydrogens is 484 g/mol. The molecule has 7 aliphatic rings. The monoisotopic (exact) mass is 526 g/mol. The van der Waals surface area contributed by atoms with Gasteiger partial charge in [-0.1, -0.05) is 19.9 Å². The highest BCUT2D eigenvalue weighted by Crippen LogP contribution is 2.70. The molecule has 1 aromatic rings. The first-order valence-corrected chi connectivity index (χ1v) is 14.5. The molecule has 5 aliphatic heterocycles. The van der Waals surface area contributed by atoms with Gasteiger partial charge in [0.05, 0.1) is 18.1 Å². The second-order valence-electron chi connectivity index (χ2n) is 14.4. The number of nitrogens with zero attached hydrogens (tertiary/aromatic N) is 2.